The van der Waals surface area contributed by atoms with Crippen LogP contribution in [0.15, 0.2) is 12.3 Å². The third-order valence-corrected chi connectivity index (χ3v) is 1.67. The predicted octanol–water partition coefficient (Wildman–Crippen LogP) is 1.07. The Kier molecular flexibility index (Phi) is 1.62. The number of carbonyl (C=O) groups is 1. The average Bonchev–Trinajstić information content (AvgIpc) is 2.05. The highest BCUT2D eigenvalue weighted by atomic mass is 35.5. The number of hydrogen-bond donors (Lipinski definition) is 1. The smallest absolute Gasteiger partial charge is 0.262 e. The van der Waals surface area contributed by atoms with Crippen LogP contribution in [0.3, 0.4) is 0 Å². The Bertz CT molecular complexity index is 340. The van der Waals surface area contributed by atoms with Crippen LogP contribution in [0.4, 0.5) is 5.69 Å². The molecule has 2 rings (SSSR count). The second-order valence-corrected chi connectivity index (χ2v) is 2.73. The maximum absolute atomic E-state index is 10.8. The molecule has 1 aliphatic rings. The minimum Gasteiger partial charge on any atom is -0.481 e. The molecule has 0 bridgehead atoms. The first-order chi connectivity index (χ1) is 5.75. The molecule has 12 heavy (non-hydrogen) atoms. The molecule has 0 atom stereocenters. The zero-order valence-corrected chi connectivity index (χ0v) is 6.76. The first kappa shape index (κ1) is 7.36. The van der Waals surface area contributed by atoms with Crippen LogP contribution in [-0.4, -0.2) is 17.5 Å². The number of pyridine rings is 1. The number of amides is 1. The first-order valence-electron chi connectivity index (χ1n) is 3.34. The van der Waals surface area contributed by atoms with Crippen molar-refractivity contribution in [2.75, 3.05) is 11.9 Å². The maximum Gasteiger partial charge on any atom is 0.262 e. The largest absolute Gasteiger partial charge is 0.481 e. The average molecular weight is 185 g/mol. The minimum atomic E-state index is -0.174. The Morgan fingerprint density at radius 3 is 3.33 bits per heavy atom. The number of hydrogen-bond acceptors (Lipinski definition) is 3. The van der Waals surface area contributed by atoms with E-state index in [1.807, 2.05) is 0 Å². The number of halogens is 1. The van der Waals surface area contributed by atoms with Crippen molar-refractivity contribution in [1.29, 1.82) is 0 Å². The van der Waals surface area contributed by atoms with E-state index >= 15 is 0 Å². The Morgan fingerprint density at radius 2 is 2.50 bits per heavy atom. The fourth-order valence-electron chi connectivity index (χ4n) is 0.956. The molecule has 1 aliphatic heterocycles. The van der Waals surface area contributed by atoms with Gasteiger partial charge in [0.1, 0.15) is 16.6 Å². The van der Waals surface area contributed by atoms with Gasteiger partial charge in [-0.2, -0.15) is 0 Å². The van der Waals surface area contributed by atoms with Crippen LogP contribution in [0.25, 0.3) is 0 Å². The highest BCUT2D eigenvalue weighted by molar-refractivity contribution is 6.29. The number of carbonyl (C=O) groups excluding carboxylic acids is 1. The zero-order valence-electron chi connectivity index (χ0n) is 6.00. The SMILES string of the molecule is O=C1COc2cc(Cl)ncc2N1. The van der Waals surface area contributed by atoms with Crippen molar-refractivity contribution in [1.82, 2.24) is 4.98 Å². The monoisotopic (exact) mass is 184 g/mol. The Hall–Kier alpha value is -1.29. The molecule has 1 amide bonds. The van der Waals surface area contributed by atoms with Crippen LogP contribution in [0, 0.1) is 0 Å². The van der Waals surface area contributed by atoms with Crippen molar-refractivity contribution < 1.29 is 9.53 Å². The number of anilines is 1. The standard InChI is InChI=1S/C7H5ClN2O2/c8-6-1-5-4(2-9-6)10-7(11)3-12-5/h1-2H,3H2,(H,10,11). The van der Waals surface area contributed by atoms with Gasteiger partial charge in [0.05, 0.1) is 6.20 Å². The summed E-state index contributed by atoms with van der Waals surface area (Å²) in [6, 6.07) is 1.57. The predicted molar refractivity (Wildman–Crippen MR) is 43.4 cm³/mol. The molecule has 5 heteroatoms. The molecule has 0 fully saturated rings. The summed E-state index contributed by atoms with van der Waals surface area (Å²) in [6.45, 7) is 0.0351. The van der Waals surface area contributed by atoms with Crippen molar-refractivity contribution >= 4 is 23.2 Å². The Balaban J connectivity index is 2.43. The van der Waals surface area contributed by atoms with Gasteiger partial charge in [-0.3, -0.25) is 4.79 Å². The molecular formula is C7H5ClN2O2. The van der Waals surface area contributed by atoms with Crippen LogP contribution in [0.2, 0.25) is 5.15 Å². The molecule has 62 valence electrons. The van der Waals surface area contributed by atoms with Gasteiger partial charge < -0.3 is 10.1 Å². The lowest BCUT2D eigenvalue weighted by Gasteiger charge is -2.16. The molecule has 1 N–H and O–H groups in total. The van der Waals surface area contributed by atoms with E-state index in [9.17, 15) is 4.79 Å². The van der Waals surface area contributed by atoms with Gasteiger partial charge in [-0.25, -0.2) is 4.98 Å². The van der Waals surface area contributed by atoms with E-state index in [1.165, 1.54) is 6.20 Å². The van der Waals surface area contributed by atoms with Crippen molar-refractivity contribution in [3.05, 3.63) is 17.4 Å². The van der Waals surface area contributed by atoms with Crippen LogP contribution >= 0.6 is 11.6 Å². The summed E-state index contributed by atoms with van der Waals surface area (Å²) in [7, 11) is 0. The fourth-order valence-corrected chi connectivity index (χ4v) is 1.10. The van der Waals surface area contributed by atoms with E-state index in [2.05, 4.69) is 10.3 Å². The van der Waals surface area contributed by atoms with E-state index in [1.54, 1.807) is 6.07 Å². The third-order valence-electron chi connectivity index (χ3n) is 1.47. The summed E-state index contributed by atoms with van der Waals surface area (Å²) in [5.41, 5.74) is 0.565. The Morgan fingerprint density at radius 1 is 1.67 bits per heavy atom. The van der Waals surface area contributed by atoms with Crippen molar-refractivity contribution in [2.24, 2.45) is 0 Å². The van der Waals surface area contributed by atoms with Crippen LogP contribution in [0.5, 0.6) is 5.75 Å². The summed E-state index contributed by atoms with van der Waals surface area (Å²) in [4.78, 5) is 14.6. The van der Waals surface area contributed by atoms with Gasteiger partial charge in [0.2, 0.25) is 0 Å². The highest BCUT2D eigenvalue weighted by Crippen LogP contribution is 2.28. The molecule has 0 saturated heterocycles. The quantitative estimate of drug-likeness (QED) is 0.614. The molecular weight excluding hydrogens is 180 g/mol. The van der Waals surface area contributed by atoms with Gasteiger partial charge in [0, 0.05) is 6.07 Å². The van der Waals surface area contributed by atoms with Gasteiger partial charge in [-0.05, 0) is 0 Å². The number of rotatable bonds is 0. The number of aromatic nitrogens is 1. The molecule has 0 radical (unpaired) electrons. The first-order valence-corrected chi connectivity index (χ1v) is 3.72. The molecule has 0 saturated carbocycles. The number of nitrogens with one attached hydrogen (secondary N) is 1. The lowest BCUT2D eigenvalue weighted by molar-refractivity contribution is -0.118. The third kappa shape index (κ3) is 1.21. The highest BCUT2D eigenvalue weighted by Gasteiger charge is 2.15. The van der Waals surface area contributed by atoms with Crippen LogP contribution < -0.4 is 10.1 Å². The van der Waals surface area contributed by atoms with Gasteiger partial charge >= 0.3 is 0 Å². The summed E-state index contributed by atoms with van der Waals surface area (Å²) in [5.74, 6) is 0.390. The maximum atomic E-state index is 10.8. The lowest BCUT2D eigenvalue weighted by Crippen LogP contribution is -2.25. The van der Waals surface area contributed by atoms with E-state index in [-0.39, 0.29) is 12.5 Å². The number of nitrogens with zero attached hydrogens (tertiary/aromatic N) is 1. The molecule has 1 aromatic heterocycles. The second-order valence-electron chi connectivity index (χ2n) is 2.34. The van der Waals surface area contributed by atoms with Crippen molar-refractivity contribution in [2.45, 2.75) is 0 Å². The van der Waals surface area contributed by atoms with E-state index in [4.69, 9.17) is 16.3 Å². The molecule has 0 aromatic carbocycles. The second kappa shape index (κ2) is 2.64. The summed E-state index contributed by atoms with van der Waals surface area (Å²) >= 11 is 5.61. The molecule has 1 aromatic rings. The number of ether oxygens (including phenoxy) is 1. The minimum absolute atomic E-state index is 0.0351. The molecule has 0 unspecified atom stereocenters. The normalized spacial score (nSPS) is 14.6. The van der Waals surface area contributed by atoms with Crippen LogP contribution in [0.1, 0.15) is 0 Å². The fraction of sp³-hybridized carbons (Fsp3) is 0.143. The van der Waals surface area contributed by atoms with E-state index in [0.29, 0.717) is 16.6 Å². The zero-order chi connectivity index (χ0) is 8.55. The van der Waals surface area contributed by atoms with Crippen molar-refractivity contribution in [3.8, 4) is 5.75 Å². The topological polar surface area (TPSA) is 51.2 Å². The van der Waals surface area contributed by atoms with E-state index < -0.39 is 0 Å². The van der Waals surface area contributed by atoms with E-state index in [0.717, 1.165) is 0 Å². The van der Waals surface area contributed by atoms with Gasteiger partial charge in [0.15, 0.2) is 6.61 Å². The lowest BCUT2D eigenvalue weighted by atomic mass is 10.3. The molecule has 4 nitrogen and oxygen atoms in total. The van der Waals surface area contributed by atoms with Crippen molar-refractivity contribution in [3.63, 3.8) is 0 Å². The van der Waals surface area contributed by atoms with Gasteiger partial charge in [-0.1, -0.05) is 11.6 Å². The van der Waals surface area contributed by atoms with Gasteiger partial charge in [0.25, 0.3) is 5.91 Å². The van der Waals surface area contributed by atoms with Crippen LogP contribution in [-0.2, 0) is 4.79 Å². The molecule has 0 spiro atoms. The van der Waals surface area contributed by atoms with Gasteiger partial charge in [-0.15, -0.1) is 0 Å². The molecule has 0 aliphatic carbocycles. The Labute approximate surface area is 73.5 Å². The summed E-state index contributed by atoms with van der Waals surface area (Å²) < 4.78 is 5.08. The number of fused-ring (bicyclic) bond motifs is 1. The summed E-state index contributed by atoms with van der Waals surface area (Å²) in [5, 5.41) is 2.95. The summed E-state index contributed by atoms with van der Waals surface area (Å²) in [6.07, 6.45) is 1.47. The molecule has 2 heterocycles.